The number of aliphatic hydroxyl groups is 1. The number of hydrogen-bond acceptors (Lipinski definition) is 15. The highest BCUT2D eigenvalue weighted by atomic mass is 31.2. The molecule has 0 aliphatic carbocycles. The third kappa shape index (κ3) is 65.4. The Morgan fingerprint density at radius 2 is 0.522 bits per heavy atom. The van der Waals surface area contributed by atoms with E-state index in [-0.39, 0.29) is 25.7 Å². The Bertz CT molecular complexity index is 1770. The summed E-state index contributed by atoms with van der Waals surface area (Å²) in [5.74, 6) is -1.41. The second kappa shape index (κ2) is 66.3. The molecule has 546 valence electrons. The van der Waals surface area contributed by atoms with Crippen molar-refractivity contribution in [1.29, 1.82) is 0 Å². The summed E-state index contributed by atoms with van der Waals surface area (Å²) < 4.78 is 68.1. The molecule has 0 aliphatic heterocycles. The number of phosphoric acid groups is 2. The van der Waals surface area contributed by atoms with Crippen LogP contribution in [-0.4, -0.2) is 96.7 Å². The van der Waals surface area contributed by atoms with Gasteiger partial charge in [0.25, 0.3) is 0 Å². The zero-order valence-corrected chi connectivity index (χ0v) is 61.5. The standard InChI is InChI=1S/C73H142O17P2/c1-6-10-13-16-18-20-22-24-26-28-29-30-32-34-36-38-40-42-48-53-58-72(77)89-69(63-84-71(76)57-52-47-41-39-37-35-33-31-27-25-23-21-19-17-14-11-7-2)65-88-92(81,82)86-61-67(74)60-85-91(79,80)87-64-68(62-83-70(75)56-51-45-15-12-8-3)90-73(78)59-54-49-44-43-46-50-55-66(5)9-4/h66-69,74H,6-65H2,1-5H3,(H,79,80)(H,81,82)/t66?,67-,68+,69+/m0/s1. The molecule has 0 saturated carbocycles. The molecular formula is C73H142O17P2. The first-order valence-corrected chi connectivity index (χ1v) is 41.2. The van der Waals surface area contributed by atoms with Crippen LogP contribution in [-0.2, 0) is 65.4 Å². The SMILES string of the molecule is CCCCCCCCCCCCCCCCCCCCCCC(=O)O[C@H](COC(=O)CCCCCCCCCCCCCCCCCCC)COP(=O)(O)OC[C@@H](O)COP(=O)(O)OC[C@@H](COC(=O)CCCCCCC)OC(=O)CCCCCCCCC(C)CC. The molecule has 17 nitrogen and oxygen atoms in total. The fourth-order valence-corrected chi connectivity index (χ4v) is 12.7. The molecule has 3 unspecified atom stereocenters. The van der Waals surface area contributed by atoms with Gasteiger partial charge >= 0.3 is 39.5 Å². The molecule has 0 aromatic heterocycles. The predicted octanol–water partition coefficient (Wildman–Crippen LogP) is 21.3. The average Bonchev–Trinajstić information content (AvgIpc) is 2.08. The Balaban J connectivity index is 5.12. The van der Waals surface area contributed by atoms with Gasteiger partial charge in [0.05, 0.1) is 26.4 Å². The van der Waals surface area contributed by atoms with Gasteiger partial charge in [0.15, 0.2) is 12.2 Å². The van der Waals surface area contributed by atoms with Gasteiger partial charge in [-0.3, -0.25) is 37.3 Å². The molecule has 92 heavy (non-hydrogen) atoms. The lowest BCUT2D eigenvalue weighted by molar-refractivity contribution is -0.161. The zero-order chi connectivity index (χ0) is 67.7. The molecule has 0 rings (SSSR count). The van der Waals surface area contributed by atoms with Gasteiger partial charge in [0, 0.05) is 25.7 Å². The molecule has 0 aromatic rings. The summed E-state index contributed by atoms with van der Waals surface area (Å²) >= 11 is 0. The fraction of sp³-hybridized carbons (Fsp3) is 0.945. The van der Waals surface area contributed by atoms with Crippen molar-refractivity contribution in [2.45, 2.75) is 400 Å². The van der Waals surface area contributed by atoms with E-state index in [9.17, 15) is 43.2 Å². The minimum absolute atomic E-state index is 0.102. The van der Waals surface area contributed by atoms with E-state index in [0.717, 1.165) is 102 Å². The number of esters is 4. The second-order valence-corrected chi connectivity index (χ2v) is 29.5. The maximum absolute atomic E-state index is 13.1. The summed E-state index contributed by atoms with van der Waals surface area (Å²) in [4.78, 5) is 72.3. The van der Waals surface area contributed by atoms with Gasteiger partial charge in [0.1, 0.15) is 19.3 Å². The van der Waals surface area contributed by atoms with Crippen LogP contribution in [0.4, 0.5) is 0 Å². The third-order valence-electron chi connectivity index (χ3n) is 17.4. The Kier molecular flexibility index (Phi) is 64.9. The van der Waals surface area contributed by atoms with Gasteiger partial charge in [-0.1, -0.05) is 330 Å². The lowest BCUT2D eigenvalue weighted by Gasteiger charge is -2.21. The minimum Gasteiger partial charge on any atom is -0.462 e. The molecule has 6 atom stereocenters. The maximum Gasteiger partial charge on any atom is 0.472 e. The lowest BCUT2D eigenvalue weighted by Crippen LogP contribution is -2.30. The van der Waals surface area contributed by atoms with E-state index in [4.69, 9.17) is 37.0 Å². The van der Waals surface area contributed by atoms with Crippen molar-refractivity contribution in [2.75, 3.05) is 39.6 Å². The molecule has 0 heterocycles. The van der Waals surface area contributed by atoms with Crippen LogP contribution in [0, 0.1) is 5.92 Å². The molecule has 0 spiro atoms. The molecule has 0 bridgehead atoms. The van der Waals surface area contributed by atoms with Crippen LogP contribution in [0.3, 0.4) is 0 Å². The van der Waals surface area contributed by atoms with Crippen molar-refractivity contribution in [3.05, 3.63) is 0 Å². The first kappa shape index (κ1) is 90.1. The summed E-state index contributed by atoms with van der Waals surface area (Å²) in [6, 6.07) is 0. The smallest absolute Gasteiger partial charge is 0.462 e. The Labute approximate surface area is 562 Å². The summed E-state index contributed by atoms with van der Waals surface area (Å²) in [7, 11) is -9.89. The van der Waals surface area contributed by atoms with Crippen molar-refractivity contribution in [2.24, 2.45) is 5.92 Å². The van der Waals surface area contributed by atoms with E-state index >= 15 is 0 Å². The van der Waals surface area contributed by atoms with Gasteiger partial charge in [-0.2, -0.15) is 0 Å². The summed E-state index contributed by atoms with van der Waals surface area (Å²) in [6.45, 7) is 7.12. The highest BCUT2D eigenvalue weighted by Crippen LogP contribution is 2.45. The van der Waals surface area contributed by atoms with Gasteiger partial charge < -0.3 is 33.8 Å². The van der Waals surface area contributed by atoms with E-state index < -0.39 is 97.5 Å². The summed E-state index contributed by atoms with van der Waals surface area (Å²) in [6.07, 6.45) is 54.7. The molecule has 0 radical (unpaired) electrons. The molecule has 3 N–H and O–H groups in total. The molecular weight excluding hydrogens is 1210 g/mol. The average molecular weight is 1350 g/mol. The van der Waals surface area contributed by atoms with Crippen molar-refractivity contribution in [3.8, 4) is 0 Å². The number of phosphoric ester groups is 2. The molecule has 0 saturated heterocycles. The lowest BCUT2D eigenvalue weighted by atomic mass is 10.00. The minimum atomic E-state index is -4.95. The van der Waals surface area contributed by atoms with E-state index in [1.807, 2.05) is 0 Å². The van der Waals surface area contributed by atoms with Crippen molar-refractivity contribution < 1.29 is 80.2 Å². The number of carbonyl (C=O) groups excluding carboxylic acids is 4. The van der Waals surface area contributed by atoms with Crippen LogP contribution in [0.25, 0.3) is 0 Å². The predicted molar refractivity (Wildman–Crippen MR) is 372 cm³/mol. The highest BCUT2D eigenvalue weighted by molar-refractivity contribution is 7.47. The monoisotopic (exact) mass is 1350 g/mol. The number of carbonyl (C=O) groups is 4. The van der Waals surface area contributed by atoms with E-state index in [1.165, 1.54) is 199 Å². The highest BCUT2D eigenvalue weighted by Gasteiger charge is 2.30. The van der Waals surface area contributed by atoms with Crippen LogP contribution >= 0.6 is 15.6 Å². The number of rotatable bonds is 73. The quantitative estimate of drug-likeness (QED) is 0.0222. The largest absolute Gasteiger partial charge is 0.472 e. The third-order valence-corrected chi connectivity index (χ3v) is 19.3. The number of unbranched alkanes of at least 4 members (excludes halogenated alkanes) is 44. The molecule has 19 heteroatoms. The maximum atomic E-state index is 13.1. The van der Waals surface area contributed by atoms with Gasteiger partial charge in [-0.05, 0) is 31.6 Å². The van der Waals surface area contributed by atoms with Crippen molar-refractivity contribution in [1.82, 2.24) is 0 Å². The van der Waals surface area contributed by atoms with Crippen LogP contribution < -0.4 is 0 Å². The Hall–Kier alpha value is -1.94. The van der Waals surface area contributed by atoms with Crippen LogP contribution in [0.15, 0.2) is 0 Å². The second-order valence-electron chi connectivity index (χ2n) is 26.6. The summed E-state index contributed by atoms with van der Waals surface area (Å²) in [5.41, 5.74) is 0. The van der Waals surface area contributed by atoms with Crippen molar-refractivity contribution in [3.63, 3.8) is 0 Å². The number of aliphatic hydroxyl groups excluding tert-OH is 1. The van der Waals surface area contributed by atoms with Crippen LogP contribution in [0.2, 0.25) is 0 Å². The normalized spacial score (nSPS) is 14.3. The fourth-order valence-electron chi connectivity index (χ4n) is 11.1. The van der Waals surface area contributed by atoms with E-state index in [0.29, 0.717) is 25.7 Å². The number of ether oxygens (including phenoxy) is 4. The topological polar surface area (TPSA) is 237 Å². The molecule has 0 fully saturated rings. The van der Waals surface area contributed by atoms with Crippen LogP contribution in [0.1, 0.15) is 381 Å². The summed E-state index contributed by atoms with van der Waals surface area (Å²) in [5, 5.41) is 10.6. The van der Waals surface area contributed by atoms with Gasteiger partial charge in [-0.15, -0.1) is 0 Å². The number of hydrogen-bond donors (Lipinski definition) is 3. The Morgan fingerprint density at radius 1 is 0.304 bits per heavy atom. The van der Waals surface area contributed by atoms with Crippen molar-refractivity contribution >= 4 is 39.5 Å². The molecule has 0 aliphatic rings. The zero-order valence-electron chi connectivity index (χ0n) is 59.7. The Morgan fingerprint density at radius 3 is 0.772 bits per heavy atom. The van der Waals surface area contributed by atoms with E-state index in [1.54, 1.807) is 0 Å². The van der Waals surface area contributed by atoms with Crippen LogP contribution in [0.5, 0.6) is 0 Å². The molecule has 0 aromatic carbocycles. The van der Waals surface area contributed by atoms with E-state index in [2.05, 4.69) is 34.6 Å². The first-order chi connectivity index (χ1) is 44.6. The first-order valence-electron chi connectivity index (χ1n) is 38.2. The van der Waals surface area contributed by atoms with Gasteiger partial charge in [-0.25, -0.2) is 9.13 Å². The molecule has 0 amide bonds. The van der Waals surface area contributed by atoms with Gasteiger partial charge in [0.2, 0.25) is 0 Å².